The van der Waals surface area contributed by atoms with Gasteiger partial charge < -0.3 is 20.7 Å². The number of methoxy groups -OCH3 is 1. The van der Waals surface area contributed by atoms with Gasteiger partial charge in [0.25, 0.3) is 0 Å². The topological polar surface area (TPSA) is 117 Å². The van der Waals surface area contributed by atoms with Crippen LogP contribution in [0.3, 0.4) is 0 Å². The molecule has 3 aromatic carbocycles. The lowest BCUT2D eigenvalue weighted by molar-refractivity contribution is 0.1000. The summed E-state index contributed by atoms with van der Waals surface area (Å²) >= 11 is 6.55. The second-order valence-electron chi connectivity index (χ2n) is 10.1. The molecular weight excluding hydrogens is 566 g/mol. The Hall–Kier alpha value is -4.67. The van der Waals surface area contributed by atoms with Gasteiger partial charge in [-0.3, -0.25) is 9.69 Å². The first-order valence-electron chi connectivity index (χ1n) is 14.1. The van der Waals surface area contributed by atoms with Crippen molar-refractivity contribution >= 4 is 52.4 Å². The molecule has 222 valence electrons. The van der Waals surface area contributed by atoms with E-state index in [2.05, 4.69) is 41.2 Å². The molecule has 0 spiro atoms. The number of anilines is 5. The van der Waals surface area contributed by atoms with Crippen LogP contribution in [0.15, 0.2) is 72.9 Å². The fourth-order valence-corrected chi connectivity index (χ4v) is 5.24. The van der Waals surface area contributed by atoms with Gasteiger partial charge in [0.2, 0.25) is 11.9 Å². The maximum Gasteiger partial charge on any atom is 0.335 e. The van der Waals surface area contributed by atoms with Crippen LogP contribution in [0.25, 0.3) is 0 Å². The third kappa shape index (κ3) is 6.55. The van der Waals surface area contributed by atoms with E-state index < -0.39 is 11.9 Å². The Morgan fingerprint density at radius 1 is 1.09 bits per heavy atom. The third-order valence-corrected chi connectivity index (χ3v) is 7.75. The Kier molecular flexibility index (Phi) is 9.08. The van der Waals surface area contributed by atoms with E-state index in [-0.39, 0.29) is 12.1 Å². The predicted molar refractivity (Wildman–Crippen MR) is 170 cm³/mol. The molecule has 0 saturated carbocycles. The van der Waals surface area contributed by atoms with E-state index >= 15 is 0 Å². The number of carbonyl (C=O) groups is 2. The number of nitrogens with one attached hydrogen (secondary N) is 1. The average Bonchev–Trinajstić information content (AvgIpc) is 3.02. The molecule has 0 fully saturated rings. The molecule has 0 bridgehead atoms. The minimum atomic E-state index is -0.606. The average molecular weight is 600 g/mol. The normalized spacial score (nSPS) is 12.8. The lowest BCUT2D eigenvalue weighted by Crippen LogP contribution is -2.45. The molecule has 2 heterocycles. The highest BCUT2D eigenvalue weighted by Crippen LogP contribution is 2.39. The van der Waals surface area contributed by atoms with Gasteiger partial charge in [-0.25, -0.2) is 14.7 Å². The van der Waals surface area contributed by atoms with Crippen molar-refractivity contribution in [3.05, 3.63) is 94.6 Å². The van der Waals surface area contributed by atoms with Gasteiger partial charge in [-0.05, 0) is 67.5 Å². The van der Waals surface area contributed by atoms with Crippen molar-refractivity contribution in [2.45, 2.75) is 26.8 Å². The second kappa shape index (κ2) is 13.1. The van der Waals surface area contributed by atoms with Crippen molar-refractivity contribution in [2.75, 3.05) is 41.9 Å². The van der Waals surface area contributed by atoms with E-state index in [1.165, 1.54) is 15.4 Å². The molecule has 3 N–H and O–H groups in total. The van der Waals surface area contributed by atoms with Gasteiger partial charge in [0.15, 0.2) is 5.82 Å². The molecule has 10 nitrogen and oxygen atoms in total. The van der Waals surface area contributed by atoms with E-state index in [4.69, 9.17) is 27.1 Å². The number of halogens is 1. The molecule has 1 aliphatic rings. The van der Waals surface area contributed by atoms with Crippen molar-refractivity contribution in [3.63, 3.8) is 0 Å². The summed E-state index contributed by atoms with van der Waals surface area (Å²) in [6, 6.07) is 19.4. The second-order valence-corrected chi connectivity index (χ2v) is 10.5. The Balaban J connectivity index is 1.52. The van der Waals surface area contributed by atoms with E-state index in [1.807, 2.05) is 12.1 Å². The van der Waals surface area contributed by atoms with Crippen LogP contribution >= 0.6 is 11.6 Å². The fourth-order valence-electron chi connectivity index (χ4n) is 5.02. The highest BCUT2D eigenvalue weighted by atomic mass is 35.5. The summed E-state index contributed by atoms with van der Waals surface area (Å²) in [6.07, 6.45) is 2.61. The number of rotatable bonds is 11. The monoisotopic (exact) mass is 599 g/mol. The summed E-state index contributed by atoms with van der Waals surface area (Å²) in [7, 11) is 1.55. The molecule has 0 radical (unpaired) electrons. The Morgan fingerprint density at radius 2 is 1.88 bits per heavy atom. The highest BCUT2D eigenvalue weighted by molar-refractivity contribution is 6.34. The fraction of sp³-hybridized carbons (Fsp3) is 0.250. The SMILES string of the molecule is CCN(CC)CCc1cccc(Nc2ncc3c(n2)N(c2cccc(C(N)=O)c2)C(=O)N(c2cc(OC)ccc2Cl)C3)c1. The molecule has 0 atom stereocenters. The number of aromatic nitrogens is 2. The summed E-state index contributed by atoms with van der Waals surface area (Å²) in [4.78, 5) is 40.9. The molecule has 0 aliphatic carbocycles. The zero-order chi connectivity index (χ0) is 30.5. The molecule has 0 unspecified atom stereocenters. The van der Waals surface area contributed by atoms with Gasteiger partial charge >= 0.3 is 6.03 Å². The molecular formula is C32H34ClN7O3. The molecule has 1 aromatic heterocycles. The van der Waals surface area contributed by atoms with Crippen LogP contribution in [-0.2, 0) is 13.0 Å². The number of hydrogen-bond donors (Lipinski definition) is 2. The summed E-state index contributed by atoms with van der Waals surface area (Å²) in [5.74, 6) is 0.661. The maximum atomic E-state index is 14.2. The van der Waals surface area contributed by atoms with Crippen molar-refractivity contribution in [2.24, 2.45) is 5.73 Å². The van der Waals surface area contributed by atoms with Crippen molar-refractivity contribution in [3.8, 4) is 5.75 Å². The molecule has 1 aliphatic heterocycles. The van der Waals surface area contributed by atoms with Crippen LogP contribution < -0.4 is 25.6 Å². The van der Waals surface area contributed by atoms with Crippen LogP contribution in [0.1, 0.15) is 35.3 Å². The smallest absolute Gasteiger partial charge is 0.335 e. The lowest BCUT2D eigenvalue weighted by atomic mass is 10.1. The molecule has 3 amide bonds. The molecule has 4 aromatic rings. The molecule has 5 rings (SSSR count). The molecule has 11 heteroatoms. The van der Waals surface area contributed by atoms with Crippen LogP contribution in [0, 0.1) is 0 Å². The standard InChI is InChI=1S/C32H34ClN7O3/c1-4-38(5-2)15-14-21-8-6-10-24(16-21)36-31-35-19-23-20-39(28-18-26(43-3)12-13-27(28)33)32(42)40(30(23)37-31)25-11-7-9-22(17-25)29(34)41/h6-13,16-19H,4-5,14-15,20H2,1-3H3,(H2,34,41)(H,35,36,37). The zero-order valence-corrected chi connectivity index (χ0v) is 25.1. The summed E-state index contributed by atoms with van der Waals surface area (Å²) in [6.45, 7) is 7.50. The largest absolute Gasteiger partial charge is 0.497 e. The number of nitrogens with zero attached hydrogens (tertiary/aromatic N) is 5. The number of benzene rings is 3. The number of carbonyl (C=O) groups excluding carboxylic acids is 2. The molecule has 43 heavy (non-hydrogen) atoms. The molecule has 0 saturated heterocycles. The van der Waals surface area contributed by atoms with Crippen LogP contribution in [-0.4, -0.2) is 53.6 Å². The minimum Gasteiger partial charge on any atom is -0.497 e. The summed E-state index contributed by atoms with van der Waals surface area (Å²) in [5, 5.41) is 3.67. The number of fused-ring (bicyclic) bond motifs is 1. The van der Waals surface area contributed by atoms with Crippen molar-refractivity contribution < 1.29 is 14.3 Å². The number of amides is 3. The third-order valence-electron chi connectivity index (χ3n) is 7.43. The first-order valence-corrected chi connectivity index (χ1v) is 14.5. The van der Waals surface area contributed by atoms with Crippen LogP contribution in [0.5, 0.6) is 5.75 Å². The Labute approximate surface area is 256 Å². The maximum absolute atomic E-state index is 14.2. The van der Waals surface area contributed by atoms with Gasteiger partial charge in [-0.1, -0.05) is 43.6 Å². The van der Waals surface area contributed by atoms with Crippen molar-refractivity contribution in [1.82, 2.24) is 14.9 Å². The van der Waals surface area contributed by atoms with Crippen LogP contribution in [0.2, 0.25) is 5.02 Å². The van der Waals surface area contributed by atoms with Gasteiger partial charge in [0.05, 0.1) is 30.1 Å². The van der Waals surface area contributed by atoms with E-state index in [0.717, 1.165) is 31.7 Å². The van der Waals surface area contributed by atoms with Gasteiger partial charge in [0, 0.05) is 35.6 Å². The minimum absolute atomic E-state index is 0.175. The summed E-state index contributed by atoms with van der Waals surface area (Å²) < 4.78 is 5.38. The van der Waals surface area contributed by atoms with Crippen LogP contribution in [0.4, 0.5) is 33.6 Å². The van der Waals surface area contributed by atoms with Crippen molar-refractivity contribution in [1.29, 1.82) is 0 Å². The number of likely N-dealkylation sites (N-methyl/N-ethyl adjacent to an activating group) is 1. The lowest BCUT2D eigenvalue weighted by Gasteiger charge is -2.36. The first kappa shape index (κ1) is 29.8. The quantitative estimate of drug-likeness (QED) is 0.212. The highest BCUT2D eigenvalue weighted by Gasteiger charge is 2.35. The number of hydrogen-bond acceptors (Lipinski definition) is 7. The number of primary amides is 1. The van der Waals surface area contributed by atoms with E-state index in [9.17, 15) is 9.59 Å². The van der Waals surface area contributed by atoms with Gasteiger partial charge in [-0.15, -0.1) is 0 Å². The van der Waals surface area contributed by atoms with Gasteiger partial charge in [-0.2, -0.15) is 4.98 Å². The summed E-state index contributed by atoms with van der Waals surface area (Å²) in [5.41, 5.74) is 9.44. The zero-order valence-electron chi connectivity index (χ0n) is 24.4. The predicted octanol–water partition coefficient (Wildman–Crippen LogP) is 6.14. The Morgan fingerprint density at radius 3 is 2.63 bits per heavy atom. The van der Waals surface area contributed by atoms with E-state index in [0.29, 0.717) is 39.5 Å². The number of nitrogens with two attached hydrogens (primary N) is 1. The van der Waals surface area contributed by atoms with Gasteiger partial charge in [0.1, 0.15) is 5.75 Å². The number of ether oxygens (including phenoxy) is 1. The van der Waals surface area contributed by atoms with E-state index in [1.54, 1.807) is 55.8 Å². The Bertz CT molecular complexity index is 1640. The first-order chi connectivity index (χ1) is 20.8. The number of urea groups is 1.